The van der Waals surface area contributed by atoms with Crippen LogP contribution >= 0.6 is 0 Å². The van der Waals surface area contributed by atoms with E-state index in [-0.39, 0.29) is 12.1 Å². The summed E-state index contributed by atoms with van der Waals surface area (Å²) in [6, 6.07) is 0.906. The summed E-state index contributed by atoms with van der Waals surface area (Å²) in [7, 11) is 4.37. The fourth-order valence-electron chi connectivity index (χ4n) is 3.25. The van der Waals surface area contributed by atoms with Gasteiger partial charge in [-0.2, -0.15) is 0 Å². The van der Waals surface area contributed by atoms with E-state index in [1.54, 1.807) is 0 Å². The van der Waals surface area contributed by atoms with Gasteiger partial charge >= 0.3 is 0 Å². The molecule has 2 fully saturated rings. The van der Waals surface area contributed by atoms with Gasteiger partial charge < -0.3 is 9.59 Å². The summed E-state index contributed by atoms with van der Waals surface area (Å²) in [5, 5.41) is 13.6. The van der Waals surface area contributed by atoms with Crippen molar-refractivity contribution in [2.75, 3.05) is 60.0 Å². The molecule has 0 amide bonds. The molecule has 0 radical (unpaired) electrons. The van der Waals surface area contributed by atoms with Gasteiger partial charge in [0.2, 0.25) is 0 Å². The van der Waals surface area contributed by atoms with E-state index in [0.717, 1.165) is 50.4 Å². The minimum Gasteiger partial charge on any atom is -0.385 e. The first kappa shape index (κ1) is 15.2. The molecular formula is C14H31N4O+. The molecule has 112 valence electrons. The highest BCUT2D eigenvalue weighted by molar-refractivity contribution is 4.82. The van der Waals surface area contributed by atoms with Crippen molar-refractivity contribution in [1.82, 2.24) is 15.1 Å². The predicted octanol–water partition coefficient (Wildman–Crippen LogP) is -0.621. The fraction of sp³-hybridized carbons (Fsp3) is 1.00. The molecule has 2 N–H and O–H groups in total. The van der Waals surface area contributed by atoms with Gasteiger partial charge in [0.15, 0.2) is 0 Å². The number of likely N-dealkylation sites (N-methyl/N-ethyl adjacent to an activating group) is 1. The Morgan fingerprint density at radius 3 is 2.26 bits per heavy atom. The van der Waals surface area contributed by atoms with E-state index in [0.29, 0.717) is 6.04 Å². The molecule has 0 aromatic heterocycles. The molecule has 2 heterocycles. The lowest BCUT2D eigenvalue weighted by Gasteiger charge is -2.37. The van der Waals surface area contributed by atoms with Gasteiger partial charge in [-0.05, 0) is 13.8 Å². The number of piperazine rings is 1. The van der Waals surface area contributed by atoms with Crippen molar-refractivity contribution >= 4 is 0 Å². The van der Waals surface area contributed by atoms with Crippen LogP contribution in [-0.2, 0) is 0 Å². The number of aliphatic hydroxyl groups is 1. The number of quaternary nitrogens is 1. The molecule has 0 aromatic carbocycles. The van der Waals surface area contributed by atoms with Crippen molar-refractivity contribution in [3.8, 4) is 0 Å². The van der Waals surface area contributed by atoms with Gasteiger partial charge in [0.1, 0.15) is 12.6 Å². The van der Waals surface area contributed by atoms with E-state index in [1.807, 2.05) is 0 Å². The Balaban J connectivity index is 1.70. The molecule has 0 bridgehead atoms. The first-order valence-electron chi connectivity index (χ1n) is 7.57. The maximum absolute atomic E-state index is 10.1. The largest absolute Gasteiger partial charge is 0.385 e. The van der Waals surface area contributed by atoms with Gasteiger partial charge in [0.25, 0.3) is 0 Å². The van der Waals surface area contributed by atoms with Gasteiger partial charge in [-0.3, -0.25) is 15.1 Å². The van der Waals surface area contributed by atoms with Gasteiger partial charge in [-0.25, -0.2) is 0 Å². The Hall–Kier alpha value is -0.200. The molecule has 0 aliphatic carbocycles. The number of likely N-dealkylation sites (tertiary alicyclic amines) is 1. The Kier molecular flexibility index (Phi) is 4.84. The maximum atomic E-state index is 10.1. The lowest BCUT2D eigenvalue weighted by atomic mass is 10.2. The number of rotatable bonds is 4. The fourth-order valence-corrected chi connectivity index (χ4v) is 3.25. The van der Waals surface area contributed by atoms with Crippen LogP contribution in [0.5, 0.6) is 0 Å². The lowest BCUT2D eigenvalue weighted by molar-refractivity contribution is -0.879. The molecular weight excluding hydrogens is 240 g/mol. The first-order valence-corrected chi connectivity index (χ1v) is 7.57. The molecule has 5 heteroatoms. The quantitative estimate of drug-likeness (QED) is 0.669. The average Bonchev–Trinajstić information content (AvgIpc) is 2.60. The topological polar surface area (TPSA) is 38.7 Å². The highest BCUT2D eigenvalue weighted by atomic mass is 16.3. The van der Waals surface area contributed by atoms with E-state index >= 15 is 0 Å². The van der Waals surface area contributed by atoms with Crippen molar-refractivity contribution in [1.29, 1.82) is 0 Å². The second-order valence-corrected chi connectivity index (χ2v) is 7.08. The smallest absolute Gasteiger partial charge is 0.124 e. The van der Waals surface area contributed by atoms with Gasteiger partial charge in [-0.1, -0.05) is 0 Å². The molecule has 0 saturated carbocycles. The van der Waals surface area contributed by atoms with Crippen LogP contribution in [0.15, 0.2) is 0 Å². The van der Waals surface area contributed by atoms with Gasteiger partial charge in [0, 0.05) is 38.9 Å². The second-order valence-electron chi connectivity index (χ2n) is 7.08. The first-order chi connectivity index (χ1) is 8.87. The van der Waals surface area contributed by atoms with Crippen LogP contribution < -0.4 is 5.32 Å². The van der Waals surface area contributed by atoms with Crippen LogP contribution in [-0.4, -0.2) is 97.6 Å². The number of hydrogen-bond acceptors (Lipinski definition) is 4. The summed E-state index contributed by atoms with van der Waals surface area (Å²) in [4.78, 5) is 4.99. The monoisotopic (exact) mass is 271 g/mol. The number of hydrogen-bond donors (Lipinski definition) is 2. The zero-order valence-corrected chi connectivity index (χ0v) is 13.0. The van der Waals surface area contributed by atoms with Crippen molar-refractivity contribution in [3.63, 3.8) is 0 Å². The Bertz CT molecular complexity index is 287. The summed E-state index contributed by atoms with van der Waals surface area (Å²) < 4.78 is 0.917. The second kappa shape index (κ2) is 6.06. The number of aliphatic hydroxyl groups excluding tert-OH is 1. The third-order valence-electron chi connectivity index (χ3n) is 4.55. The Labute approximate surface area is 117 Å². The molecule has 0 spiro atoms. The SMILES string of the molecule is CC(C)N1CCN(CN[C@@H]2C[N+](C)(C)C[C@H]2O)CC1. The van der Waals surface area contributed by atoms with E-state index in [9.17, 15) is 5.11 Å². The molecule has 2 rings (SSSR count). The van der Waals surface area contributed by atoms with Crippen LogP contribution in [0, 0.1) is 0 Å². The minimum absolute atomic E-state index is 0.202. The lowest BCUT2D eigenvalue weighted by Crippen LogP contribution is -2.53. The number of nitrogens with zero attached hydrogens (tertiary/aromatic N) is 3. The van der Waals surface area contributed by atoms with Crippen LogP contribution in [0.4, 0.5) is 0 Å². The van der Waals surface area contributed by atoms with Crippen molar-refractivity contribution < 1.29 is 9.59 Å². The van der Waals surface area contributed by atoms with E-state index in [1.165, 1.54) is 0 Å². The van der Waals surface area contributed by atoms with Crippen LogP contribution in [0.25, 0.3) is 0 Å². The predicted molar refractivity (Wildman–Crippen MR) is 77.9 cm³/mol. The molecule has 0 unspecified atom stereocenters. The maximum Gasteiger partial charge on any atom is 0.124 e. The van der Waals surface area contributed by atoms with Gasteiger partial charge in [-0.15, -0.1) is 0 Å². The van der Waals surface area contributed by atoms with Crippen molar-refractivity contribution in [2.24, 2.45) is 0 Å². The summed E-state index contributed by atoms with van der Waals surface area (Å²) in [5.41, 5.74) is 0. The Morgan fingerprint density at radius 2 is 1.79 bits per heavy atom. The molecule has 0 aromatic rings. The average molecular weight is 271 g/mol. The molecule has 2 saturated heterocycles. The highest BCUT2D eigenvalue weighted by Gasteiger charge is 2.38. The minimum atomic E-state index is -0.202. The molecule has 19 heavy (non-hydrogen) atoms. The zero-order chi connectivity index (χ0) is 14.0. The summed E-state index contributed by atoms with van der Waals surface area (Å²) in [6.07, 6.45) is -0.202. The third kappa shape index (κ3) is 4.13. The summed E-state index contributed by atoms with van der Waals surface area (Å²) in [6.45, 7) is 11.9. The molecule has 2 aliphatic rings. The summed E-state index contributed by atoms with van der Waals surface area (Å²) in [5.74, 6) is 0. The van der Waals surface area contributed by atoms with Crippen LogP contribution in [0.3, 0.4) is 0 Å². The van der Waals surface area contributed by atoms with Gasteiger partial charge in [0.05, 0.1) is 26.7 Å². The molecule has 2 aliphatic heterocycles. The van der Waals surface area contributed by atoms with Crippen LogP contribution in [0.1, 0.15) is 13.8 Å². The van der Waals surface area contributed by atoms with E-state index < -0.39 is 0 Å². The van der Waals surface area contributed by atoms with Crippen LogP contribution in [0.2, 0.25) is 0 Å². The molecule has 5 nitrogen and oxygen atoms in total. The number of nitrogens with one attached hydrogen (secondary N) is 1. The third-order valence-corrected chi connectivity index (χ3v) is 4.55. The van der Waals surface area contributed by atoms with E-state index in [4.69, 9.17) is 0 Å². The normalized spacial score (nSPS) is 33.2. The standard InChI is InChI=1S/C14H31N4O/c1-12(2)17-7-5-16(6-8-17)11-15-13-9-18(3,4)10-14(13)19/h12-15,19H,5-11H2,1-4H3/q+1/t13-,14-/m1/s1. The molecule has 2 atom stereocenters. The summed E-state index contributed by atoms with van der Waals surface area (Å²) >= 11 is 0. The van der Waals surface area contributed by atoms with Crippen molar-refractivity contribution in [3.05, 3.63) is 0 Å². The van der Waals surface area contributed by atoms with E-state index in [2.05, 4.69) is 43.1 Å². The Morgan fingerprint density at radius 1 is 1.16 bits per heavy atom. The zero-order valence-electron chi connectivity index (χ0n) is 13.0. The van der Waals surface area contributed by atoms with Crippen molar-refractivity contribution in [2.45, 2.75) is 32.0 Å². The highest BCUT2D eigenvalue weighted by Crippen LogP contribution is 2.15.